The van der Waals surface area contributed by atoms with Gasteiger partial charge in [-0.05, 0) is 30.7 Å². The lowest BCUT2D eigenvalue weighted by atomic mass is 10.1. The number of nitrogens with zero attached hydrogens (tertiary/aromatic N) is 2. The Bertz CT molecular complexity index is 594. The van der Waals surface area contributed by atoms with Crippen molar-refractivity contribution in [2.24, 2.45) is 0 Å². The van der Waals surface area contributed by atoms with Crippen molar-refractivity contribution in [3.8, 4) is 0 Å². The smallest absolute Gasteiger partial charge is 0.254 e. The summed E-state index contributed by atoms with van der Waals surface area (Å²) < 4.78 is 0. The Morgan fingerprint density at radius 1 is 1.17 bits per heavy atom. The Labute approximate surface area is 136 Å². The minimum absolute atomic E-state index is 0.135. The van der Waals surface area contributed by atoms with Crippen LogP contribution in [0.3, 0.4) is 0 Å². The van der Waals surface area contributed by atoms with Gasteiger partial charge in [-0.2, -0.15) is 0 Å². The van der Waals surface area contributed by atoms with Crippen LogP contribution in [-0.2, 0) is 16.1 Å². The fraction of sp³-hybridized carbons (Fsp3) is 0.353. The van der Waals surface area contributed by atoms with E-state index in [1.807, 2.05) is 0 Å². The first-order chi connectivity index (χ1) is 10.8. The molecule has 0 saturated carbocycles. The van der Waals surface area contributed by atoms with Crippen molar-refractivity contribution in [3.63, 3.8) is 0 Å². The molecule has 6 nitrogen and oxygen atoms in total. The van der Waals surface area contributed by atoms with Crippen LogP contribution in [0.25, 0.3) is 0 Å². The largest absolute Gasteiger partial charge is 0.348 e. The molecule has 0 aromatic heterocycles. The highest BCUT2D eigenvalue weighted by Crippen LogP contribution is 2.10. The van der Waals surface area contributed by atoms with Crippen molar-refractivity contribution in [3.05, 3.63) is 48.0 Å². The Kier molecular flexibility index (Phi) is 6.50. The zero-order valence-corrected chi connectivity index (χ0v) is 14.0. The molecule has 1 rings (SSSR count). The first-order valence-electron chi connectivity index (χ1n) is 7.25. The maximum absolute atomic E-state index is 12.4. The molecule has 1 atom stereocenters. The minimum atomic E-state index is -0.538. The zero-order chi connectivity index (χ0) is 17.6. The standard InChI is InChI=1S/C17H23N3O3/c1-6-15(21)18-11-13-7-9-14(10-8-13)17(23)20(5)12(2)16(22)19(3)4/h6-10,12H,1,11H2,2-5H3,(H,18,21)/t12-/m0/s1. The van der Waals surface area contributed by atoms with Crippen LogP contribution in [0.5, 0.6) is 0 Å². The molecule has 6 heteroatoms. The first-order valence-corrected chi connectivity index (χ1v) is 7.25. The van der Waals surface area contributed by atoms with Crippen molar-refractivity contribution in [1.82, 2.24) is 15.1 Å². The van der Waals surface area contributed by atoms with E-state index < -0.39 is 6.04 Å². The number of nitrogens with one attached hydrogen (secondary N) is 1. The lowest BCUT2D eigenvalue weighted by Crippen LogP contribution is -2.45. The third kappa shape index (κ3) is 4.95. The molecule has 0 spiro atoms. The first kappa shape index (κ1) is 18.4. The van der Waals surface area contributed by atoms with Gasteiger partial charge in [-0.15, -0.1) is 0 Å². The summed E-state index contributed by atoms with van der Waals surface area (Å²) in [4.78, 5) is 38.3. The molecule has 0 unspecified atom stereocenters. The van der Waals surface area contributed by atoms with Gasteiger partial charge in [-0.3, -0.25) is 14.4 Å². The van der Waals surface area contributed by atoms with E-state index in [9.17, 15) is 14.4 Å². The van der Waals surface area contributed by atoms with Gasteiger partial charge in [0.25, 0.3) is 5.91 Å². The van der Waals surface area contributed by atoms with Crippen molar-refractivity contribution < 1.29 is 14.4 Å². The van der Waals surface area contributed by atoms with Gasteiger partial charge in [0.05, 0.1) is 0 Å². The van der Waals surface area contributed by atoms with Crippen LogP contribution in [-0.4, -0.2) is 54.7 Å². The number of amides is 3. The van der Waals surface area contributed by atoms with Crippen LogP contribution < -0.4 is 5.32 Å². The summed E-state index contributed by atoms with van der Waals surface area (Å²) in [5.41, 5.74) is 1.36. The molecule has 124 valence electrons. The molecule has 0 fully saturated rings. The number of carbonyl (C=O) groups is 3. The van der Waals surface area contributed by atoms with E-state index in [0.29, 0.717) is 12.1 Å². The van der Waals surface area contributed by atoms with Crippen LogP contribution in [0.4, 0.5) is 0 Å². The van der Waals surface area contributed by atoms with Gasteiger partial charge < -0.3 is 15.1 Å². The van der Waals surface area contributed by atoms with E-state index in [4.69, 9.17) is 0 Å². The highest BCUT2D eigenvalue weighted by atomic mass is 16.2. The monoisotopic (exact) mass is 317 g/mol. The maximum atomic E-state index is 12.4. The van der Waals surface area contributed by atoms with Crippen LogP contribution >= 0.6 is 0 Å². The fourth-order valence-electron chi connectivity index (χ4n) is 1.95. The molecule has 0 aliphatic heterocycles. The predicted octanol–water partition coefficient (Wildman–Crippen LogP) is 1.04. The second-order valence-corrected chi connectivity index (χ2v) is 5.44. The van der Waals surface area contributed by atoms with E-state index in [2.05, 4.69) is 11.9 Å². The average Bonchev–Trinajstić information content (AvgIpc) is 2.57. The van der Waals surface area contributed by atoms with Crippen LogP contribution in [0.2, 0.25) is 0 Å². The van der Waals surface area contributed by atoms with E-state index in [-0.39, 0.29) is 17.7 Å². The van der Waals surface area contributed by atoms with Crippen LogP contribution in [0, 0.1) is 0 Å². The molecule has 3 amide bonds. The quantitative estimate of drug-likeness (QED) is 0.797. The molecule has 0 heterocycles. The topological polar surface area (TPSA) is 69.7 Å². The van der Waals surface area contributed by atoms with Crippen molar-refractivity contribution >= 4 is 17.7 Å². The fourth-order valence-corrected chi connectivity index (χ4v) is 1.95. The Hall–Kier alpha value is -2.63. The second-order valence-electron chi connectivity index (χ2n) is 5.44. The summed E-state index contributed by atoms with van der Waals surface area (Å²) >= 11 is 0. The number of hydrogen-bond donors (Lipinski definition) is 1. The van der Waals surface area contributed by atoms with E-state index in [0.717, 1.165) is 5.56 Å². The molecule has 1 aromatic rings. The van der Waals surface area contributed by atoms with Crippen LogP contribution in [0.1, 0.15) is 22.8 Å². The third-order valence-electron chi connectivity index (χ3n) is 3.55. The van der Waals surface area contributed by atoms with E-state index in [1.54, 1.807) is 52.3 Å². The highest BCUT2D eigenvalue weighted by Gasteiger charge is 2.24. The SMILES string of the molecule is C=CC(=O)NCc1ccc(C(=O)N(C)[C@@H](C)C(=O)N(C)C)cc1. The number of likely N-dealkylation sites (N-methyl/N-ethyl adjacent to an activating group) is 2. The van der Waals surface area contributed by atoms with Gasteiger partial charge in [0.15, 0.2) is 0 Å². The lowest BCUT2D eigenvalue weighted by Gasteiger charge is -2.26. The van der Waals surface area contributed by atoms with Gasteiger partial charge in [0.2, 0.25) is 11.8 Å². The Morgan fingerprint density at radius 2 is 1.74 bits per heavy atom. The third-order valence-corrected chi connectivity index (χ3v) is 3.55. The molecule has 1 aromatic carbocycles. The molecule has 0 radical (unpaired) electrons. The predicted molar refractivity (Wildman–Crippen MR) is 88.7 cm³/mol. The summed E-state index contributed by atoms with van der Waals surface area (Å²) in [5, 5.41) is 2.66. The van der Waals surface area contributed by atoms with E-state index >= 15 is 0 Å². The van der Waals surface area contributed by atoms with Crippen molar-refractivity contribution in [1.29, 1.82) is 0 Å². The molecule has 0 saturated heterocycles. The second kappa shape index (κ2) is 8.12. The van der Waals surface area contributed by atoms with E-state index in [1.165, 1.54) is 15.9 Å². The molecular formula is C17H23N3O3. The zero-order valence-electron chi connectivity index (χ0n) is 14.0. The molecule has 0 aliphatic rings. The molecular weight excluding hydrogens is 294 g/mol. The molecule has 1 N–H and O–H groups in total. The number of rotatable bonds is 6. The summed E-state index contributed by atoms with van der Waals surface area (Å²) in [7, 11) is 4.92. The van der Waals surface area contributed by atoms with Gasteiger partial charge in [-0.25, -0.2) is 0 Å². The summed E-state index contributed by atoms with van der Waals surface area (Å²) in [5.74, 6) is -0.611. The Balaban J connectivity index is 2.75. The van der Waals surface area contributed by atoms with Crippen molar-refractivity contribution in [2.75, 3.05) is 21.1 Å². The number of hydrogen-bond acceptors (Lipinski definition) is 3. The van der Waals surface area contributed by atoms with Gasteiger partial charge >= 0.3 is 0 Å². The normalized spacial score (nSPS) is 11.3. The highest BCUT2D eigenvalue weighted by molar-refractivity contribution is 5.97. The van der Waals surface area contributed by atoms with Crippen molar-refractivity contribution in [2.45, 2.75) is 19.5 Å². The lowest BCUT2D eigenvalue weighted by molar-refractivity contribution is -0.132. The molecule has 23 heavy (non-hydrogen) atoms. The number of carbonyl (C=O) groups excluding carboxylic acids is 3. The van der Waals surface area contributed by atoms with Gasteiger partial charge in [0.1, 0.15) is 6.04 Å². The van der Waals surface area contributed by atoms with Gasteiger partial charge in [-0.1, -0.05) is 18.7 Å². The molecule has 0 aliphatic carbocycles. The summed E-state index contributed by atoms with van der Waals surface area (Å²) in [6.07, 6.45) is 1.20. The molecule has 0 bridgehead atoms. The van der Waals surface area contributed by atoms with Crippen LogP contribution in [0.15, 0.2) is 36.9 Å². The number of benzene rings is 1. The summed E-state index contributed by atoms with van der Waals surface area (Å²) in [6.45, 7) is 5.44. The Morgan fingerprint density at radius 3 is 2.22 bits per heavy atom. The minimum Gasteiger partial charge on any atom is -0.348 e. The average molecular weight is 317 g/mol. The maximum Gasteiger partial charge on any atom is 0.254 e. The van der Waals surface area contributed by atoms with Gasteiger partial charge in [0, 0.05) is 33.3 Å². The summed E-state index contributed by atoms with van der Waals surface area (Å²) in [6, 6.07) is 6.36.